The van der Waals surface area contributed by atoms with Crippen LogP contribution in [0.1, 0.15) is 16.1 Å². The molecule has 0 radical (unpaired) electrons. The van der Waals surface area contributed by atoms with Crippen LogP contribution in [0.25, 0.3) is 0 Å². The number of carbonyl (C=O) groups is 1. The standard InChI is InChI=1S/C13H12N4O/c1-17(11-4-2-3-9(5-11)7-14)13(18)12-6-10(15)8-16-12/h2-6,8,16H,15H2,1H3. The van der Waals surface area contributed by atoms with Crippen LogP contribution in [0.3, 0.4) is 0 Å². The van der Waals surface area contributed by atoms with E-state index in [2.05, 4.69) is 4.98 Å². The van der Waals surface area contributed by atoms with Crippen LogP contribution >= 0.6 is 0 Å². The van der Waals surface area contributed by atoms with Gasteiger partial charge in [0.1, 0.15) is 5.69 Å². The Morgan fingerprint density at radius 3 is 2.83 bits per heavy atom. The molecule has 0 unspecified atom stereocenters. The van der Waals surface area contributed by atoms with Gasteiger partial charge in [0, 0.05) is 24.6 Å². The molecule has 0 saturated carbocycles. The van der Waals surface area contributed by atoms with E-state index in [9.17, 15) is 4.79 Å². The van der Waals surface area contributed by atoms with Gasteiger partial charge in [0.25, 0.3) is 5.91 Å². The van der Waals surface area contributed by atoms with Crippen molar-refractivity contribution < 1.29 is 4.79 Å². The van der Waals surface area contributed by atoms with Crippen LogP contribution in [0.4, 0.5) is 11.4 Å². The van der Waals surface area contributed by atoms with E-state index in [1.54, 1.807) is 43.6 Å². The van der Waals surface area contributed by atoms with Crippen molar-refractivity contribution in [3.8, 4) is 6.07 Å². The molecule has 3 N–H and O–H groups in total. The first-order valence-electron chi connectivity index (χ1n) is 5.34. The fraction of sp³-hybridized carbons (Fsp3) is 0.0769. The smallest absolute Gasteiger partial charge is 0.274 e. The molecule has 0 aliphatic heterocycles. The van der Waals surface area contributed by atoms with E-state index in [4.69, 9.17) is 11.0 Å². The summed E-state index contributed by atoms with van der Waals surface area (Å²) in [6.07, 6.45) is 1.56. The molecule has 1 aromatic heterocycles. The number of nitrogens with zero attached hydrogens (tertiary/aromatic N) is 2. The average molecular weight is 240 g/mol. The Labute approximate surface area is 104 Å². The predicted octanol–water partition coefficient (Wildman–Crippen LogP) is 1.75. The molecule has 0 fully saturated rings. The van der Waals surface area contributed by atoms with Crippen molar-refractivity contribution in [2.75, 3.05) is 17.7 Å². The monoisotopic (exact) mass is 240 g/mol. The number of nitriles is 1. The van der Waals surface area contributed by atoms with Crippen molar-refractivity contribution in [1.29, 1.82) is 5.26 Å². The van der Waals surface area contributed by atoms with E-state index in [-0.39, 0.29) is 5.91 Å². The van der Waals surface area contributed by atoms with E-state index in [0.717, 1.165) is 0 Å². The van der Waals surface area contributed by atoms with Crippen LogP contribution in [0.2, 0.25) is 0 Å². The third-order valence-electron chi connectivity index (χ3n) is 2.60. The molecule has 5 heteroatoms. The number of amides is 1. The van der Waals surface area contributed by atoms with Gasteiger partial charge in [-0.3, -0.25) is 4.79 Å². The van der Waals surface area contributed by atoms with Gasteiger partial charge >= 0.3 is 0 Å². The molecule has 90 valence electrons. The highest BCUT2D eigenvalue weighted by atomic mass is 16.2. The quantitative estimate of drug-likeness (QED) is 0.838. The van der Waals surface area contributed by atoms with Gasteiger partial charge in [0.05, 0.1) is 11.6 Å². The van der Waals surface area contributed by atoms with Crippen molar-refractivity contribution >= 4 is 17.3 Å². The highest BCUT2D eigenvalue weighted by molar-refractivity contribution is 6.05. The summed E-state index contributed by atoms with van der Waals surface area (Å²) in [7, 11) is 1.65. The summed E-state index contributed by atoms with van der Waals surface area (Å²) in [5.74, 6) is -0.207. The molecule has 0 aliphatic rings. The molecule has 0 aliphatic carbocycles. The molecule has 5 nitrogen and oxygen atoms in total. The van der Waals surface area contributed by atoms with Gasteiger partial charge in [-0.2, -0.15) is 5.26 Å². The molecule has 0 saturated heterocycles. The third-order valence-corrected chi connectivity index (χ3v) is 2.60. The number of anilines is 2. The molecule has 1 amide bonds. The molecule has 18 heavy (non-hydrogen) atoms. The highest BCUT2D eigenvalue weighted by Crippen LogP contribution is 2.17. The second-order valence-corrected chi connectivity index (χ2v) is 3.87. The number of benzene rings is 1. The molecular formula is C13H12N4O. The lowest BCUT2D eigenvalue weighted by Gasteiger charge is -2.16. The Morgan fingerprint density at radius 1 is 1.44 bits per heavy atom. The number of H-pyrrole nitrogens is 1. The normalized spacial score (nSPS) is 9.78. The fourth-order valence-corrected chi connectivity index (χ4v) is 1.62. The van der Waals surface area contributed by atoms with Gasteiger partial charge in [-0.05, 0) is 24.3 Å². The fourth-order valence-electron chi connectivity index (χ4n) is 1.62. The zero-order chi connectivity index (χ0) is 13.1. The average Bonchev–Trinajstić information content (AvgIpc) is 2.83. The lowest BCUT2D eigenvalue weighted by molar-refractivity contribution is 0.0989. The first kappa shape index (κ1) is 11.7. The molecule has 0 atom stereocenters. The van der Waals surface area contributed by atoms with Gasteiger partial charge in [-0.25, -0.2) is 0 Å². The summed E-state index contributed by atoms with van der Waals surface area (Å²) >= 11 is 0. The predicted molar refractivity (Wildman–Crippen MR) is 69.1 cm³/mol. The van der Waals surface area contributed by atoms with E-state index in [1.165, 1.54) is 4.90 Å². The van der Waals surface area contributed by atoms with Crippen LogP contribution < -0.4 is 10.6 Å². The Hall–Kier alpha value is -2.74. The van der Waals surface area contributed by atoms with E-state index in [0.29, 0.717) is 22.6 Å². The molecule has 1 heterocycles. The number of aromatic nitrogens is 1. The Morgan fingerprint density at radius 2 is 2.22 bits per heavy atom. The summed E-state index contributed by atoms with van der Waals surface area (Å²) in [5.41, 5.74) is 7.65. The minimum atomic E-state index is -0.207. The summed E-state index contributed by atoms with van der Waals surface area (Å²) < 4.78 is 0. The van der Waals surface area contributed by atoms with Gasteiger partial charge in [-0.15, -0.1) is 0 Å². The van der Waals surface area contributed by atoms with E-state index < -0.39 is 0 Å². The molecule has 0 bridgehead atoms. The number of nitrogen functional groups attached to an aromatic ring is 1. The molecule has 2 aromatic rings. The van der Waals surface area contributed by atoms with E-state index >= 15 is 0 Å². The zero-order valence-corrected chi connectivity index (χ0v) is 9.84. The number of hydrogen-bond donors (Lipinski definition) is 2. The number of aromatic amines is 1. The second-order valence-electron chi connectivity index (χ2n) is 3.87. The highest BCUT2D eigenvalue weighted by Gasteiger charge is 2.15. The first-order chi connectivity index (χ1) is 8.61. The third kappa shape index (κ3) is 2.18. The van der Waals surface area contributed by atoms with Gasteiger partial charge in [0.2, 0.25) is 0 Å². The maximum Gasteiger partial charge on any atom is 0.274 e. The number of rotatable bonds is 2. The summed E-state index contributed by atoms with van der Waals surface area (Å²) in [6.45, 7) is 0. The van der Waals surface area contributed by atoms with Crippen molar-refractivity contribution in [1.82, 2.24) is 4.98 Å². The molecule has 2 rings (SSSR count). The van der Waals surface area contributed by atoms with Crippen molar-refractivity contribution in [2.45, 2.75) is 0 Å². The first-order valence-corrected chi connectivity index (χ1v) is 5.34. The second kappa shape index (κ2) is 4.63. The number of nitrogens with two attached hydrogens (primary N) is 1. The van der Waals surface area contributed by atoms with Crippen LogP contribution in [0.15, 0.2) is 36.5 Å². The molecule has 1 aromatic carbocycles. The lowest BCUT2D eigenvalue weighted by Crippen LogP contribution is -2.26. The maximum absolute atomic E-state index is 12.1. The number of carbonyl (C=O) groups excluding carboxylic acids is 1. The Balaban J connectivity index is 2.28. The summed E-state index contributed by atoms with van der Waals surface area (Å²) in [5, 5.41) is 8.83. The van der Waals surface area contributed by atoms with E-state index in [1.807, 2.05) is 6.07 Å². The maximum atomic E-state index is 12.1. The Bertz CT molecular complexity index is 624. The summed E-state index contributed by atoms with van der Waals surface area (Å²) in [6, 6.07) is 10.5. The number of hydrogen-bond acceptors (Lipinski definition) is 3. The summed E-state index contributed by atoms with van der Waals surface area (Å²) in [4.78, 5) is 16.4. The van der Waals surface area contributed by atoms with Gasteiger partial charge in [-0.1, -0.05) is 6.07 Å². The minimum Gasteiger partial charge on any atom is -0.397 e. The van der Waals surface area contributed by atoms with Gasteiger partial charge < -0.3 is 15.6 Å². The molecular weight excluding hydrogens is 228 g/mol. The van der Waals surface area contributed by atoms with Crippen molar-refractivity contribution in [3.05, 3.63) is 47.8 Å². The van der Waals surface area contributed by atoms with Gasteiger partial charge in [0.15, 0.2) is 0 Å². The lowest BCUT2D eigenvalue weighted by atomic mass is 10.2. The zero-order valence-electron chi connectivity index (χ0n) is 9.84. The largest absolute Gasteiger partial charge is 0.397 e. The topological polar surface area (TPSA) is 85.9 Å². The minimum absolute atomic E-state index is 0.207. The van der Waals surface area contributed by atoms with Crippen molar-refractivity contribution in [3.63, 3.8) is 0 Å². The van der Waals surface area contributed by atoms with Crippen LogP contribution in [0.5, 0.6) is 0 Å². The van der Waals surface area contributed by atoms with Crippen LogP contribution in [-0.2, 0) is 0 Å². The van der Waals surface area contributed by atoms with Crippen LogP contribution in [-0.4, -0.2) is 17.9 Å². The molecule has 0 spiro atoms. The van der Waals surface area contributed by atoms with Crippen molar-refractivity contribution in [2.24, 2.45) is 0 Å². The Kier molecular flexibility index (Phi) is 3.02. The SMILES string of the molecule is CN(C(=O)c1cc(N)c[nH]1)c1cccc(C#N)c1. The number of nitrogens with one attached hydrogen (secondary N) is 1. The van der Waals surface area contributed by atoms with Crippen LogP contribution in [0, 0.1) is 11.3 Å².